The second kappa shape index (κ2) is 9.53. The van der Waals surface area contributed by atoms with Crippen molar-refractivity contribution >= 4 is 27.6 Å². The third-order valence-electron chi connectivity index (χ3n) is 6.81. The summed E-state index contributed by atoms with van der Waals surface area (Å²) in [5.41, 5.74) is 5.14. The van der Waals surface area contributed by atoms with E-state index >= 15 is 0 Å². The number of benzene rings is 3. The Hall–Kier alpha value is -3.89. The Morgan fingerprint density at radius 2 is 1.73 bits per heavy atom. The van der Waals surface area contributed by atoms with E-state index in [1.54, 1.807) is 25.4 Å². The van der Waals surface area contributed by atoms with Crippen molar-refractivity contribution in [2.45, 2.75) is 18.0 Å². The van der Waals surface area contributed by atoms with Gasteiger partial charge in [-0.15, -0.1) is 5.10 Å². The number of piperazine rings is 1. The maximum Gasteiger partial charge on any atom is 0.185 e. The Bertz CT molecular complexity index is 1580. The first-order valence-corrected chi connectivity index (χ1v) is 13.2. The molecular formula is C27H26FN7OS. The number of para-hydroxylation sites is 1. The number of fused-ring (bicyclic) bond motifs is 1. The van der Waals surface area contributed by atoms with E-state index in [-0.39, 0.29) is 11.9 Å². The van der Waals surface area contributed by atoms with Crippen molar-refractivity contribution in [3.63, 3.8) is 0 Å². The van der Waals surface area contributed by atoms with Gasteiger partial charge in [0.05, 0.1) is 29.6 Å². The molecule has 0 aliphatic carbocycles. The number of halogens is 1. The first-order chi connectivity index (χ1) is 18.0. The summed E-state index contributed by atoms with van der Waals surface area (Å²) < 4.78 is 30.7. The Kier molecular flexibility index (Phi) is 6.05. The van der Waals surface area contributed by atoms with Gasteiger partial charge in [-0.2, -0.15) is 15.0 Å². The maximum atomic E-state index is 13.5. The molecule has 0 N–H and O–H groups in total. The van der Waals surface area contributed by atoms with Gasteiger partial charge in [0, 0.05) is 37.8 Å². The van der Waals surface area contributed by atoms with Gasteiger partial charge in [0.15, 0.2) is 5.03 Å². The van der Waals surface area contributed by atoms with Crippen molar-refractivity contribution < 1.29 is 8.60 Å². The van der Waals surface area contributed by atoms with Crippen LogP contribution in [0.15, 0.2) is 84.1 Å². The van der Waals surface area contributed by atoms with E-state index in [4.69, 9.17) is 0 Å². The summed E-state index contributed by atoms with van der Waals surface area (Å²) in [6.07, 6.45) is 3.41. The van der Waals surface area contributed by atoms with E-state index < -0.39 is 11.0 Å². The van der Waals surface area contributed by atoms with Gasteiger partial charge < -0.3 is 4.90 Å². The highest BCUT2D eigenvalue weighted by atomic mass is 32.2. The fourth-order valence-corrected chi connectivity index (χ4v) is 6.10. The average Bonchev–Trinajstić information content (AvgIpc) is 3.54. The first kappa shape index (κ1) is 23.5. The minimum absolute atomic E-state index is 0.0321. The quantitative estimate of drug-likeness (QED) is 0.351. The van der Waals surface area contributed by atoms with Gasteiger partial charge in [-0.05, 0) is 66.6 Å². The van der Waals surface area contributed by atoms with Crippen LogP contribution in [0.2, 0.25) is 0 Å². The minimum Gasteiger partial charge on any atom is -0.362 e. The Labute approximate surface area is 216 Å². The SMILES string of the molecule is Cc1cc2c(cnn2-c2ccc(F)cc2)cc1C1CN(S(=O)c2cnn(C)n2)CCN1c1ccccc1. The molecule has 0 radical (unpaired) electrons. The van der Waals surface area contributed by atoms with Gasteiger partial charge in [-0.25, -0.2) is 17.6 Å². The van der Waals surface area contributed by atoms with Crippen LogP contribution in [-0.2, 0) is 18.0 Å². The molecule has 3 aromatic carbocycles. The van der Waals surface area contributed by atoms with E-state index in [0.29, 0.717) is 24.7 Å². The van der Waals surface area contributed by atoms with Gasteiger partial charge >= 0.3 is 0 Å². The smallest absolute Gasteiger partial charge is 0.185 e. The molecule has 10 heteroatoms. The van der Waals surface area contributed by atoms with Crippen LogP contribution in [0, 0.1) is 12.7 Å². The largest absolute Gasteiger partial charge is 0.362 e. The highest BCUT2D eigenvalue weighted by Gasteiger charge is 2.33. The van der Waals surface area contributed by atoms with Crippen molar-refractivity contribution in [1.29, 1.82) is 0 Å². The lowest BCUT2D eigenvalue weighted by atomic mass is 9.96. The molecule has 8 nitrogen and oxygen atoms in total. The van der Waals surface area contributed by atoms with Crippen molar-refractivity contribution in [2.75, 3.05) is 24.5 Å². The van der Waals surface area contributed by atoms with Crippen LogP contribution in [0.5, 0.6) is 0 Å². The Balaban J connectivity index is 1.40. The molecule has 0 amide bonds. The third kappa shape index (κ3) is 4.42. The molecule has 1 aliphatic rings. The zero-order valence-electron chi connectivity index (χ0n) is 20.5. The van der Waals surface area contributed by atoms with Gasteiger partial charge in [0.1, 0.15) is 16.8 Å². The standard InChI is InChI=1S/C27H26FN7OS/c1-19-14-25-20(16-30-35(25)23-10-8-21(28)9-11-23)15-24(19)26-18-33(37(36)27-17-29-32(2)31-27)12-13-34(26)22-6-4-3-5-7-22/h3-11,14-17,26H,12-13,18H2,1-2H3. The third-order valence-corrected chi connectivity index (χ3v) is 8.15. The Morgan fingerprint density at radius 1 is 0.946 bits per heavy atom. The fourth-order valence-electron chi connectivity index (χ4n) is 4.99. The van der Waals surface area contributed by atoms with Gasteiger partial charge in [-0.1, -0.05) is 18.2 Å². The number of rotatable bonds is 5. The summed E-state index contributed by atoms with van der Waals surface area (Å²) in [5.74, 6) is -0.277. The number of aromatic nitrogens is 5. The molecule has 37 heavy (non-hydrogen) atoms. The van der Waals surface area contributed by atoms with Crippen molar-refractivity contribution in [3.8, 4) is 5.69 Å². The second-order valence-electron chi connectivity index (χ2n) is 9.15. The predicted molar refractivity (Wildman–Crippen MR) is 141 cm³/mol. The van der Waals surface area contributed by atoms with Crippen LogP contribution < -0.4 is 4.90 Å². The van der Waals surface area contributed by atoms with Crippen molar-refractivity contribution in [2.24, 2.45) is 7.05 Å². The summed E-state index contributed by atoms with van der Waals surface area (Å²) in [6, 6.07) is 20.9. The molecule has 0 spiro atoms. The van der Waals surface area contributed by atoms with E-state index in [2.05, 4.69) is 51.4 Å². The molecule has 2 aromatic heterocycles. The summed E-state index contributed by atoms with van der Waals surface area (Å²) >= 11 is 0. The number of anilines is 1. The summed E-state index contributed by atoms with van der Waals surface area (Å²) in [7, 11) is 0.318. The minimum atomic E-state index is -1.41. The highest BCUT2D eigenvalue weighted by molar-refractivity contribution is 7.82. The second-order valence-corrected chi connectivity index (χ2v) is 10.6. The van der Waals surface area contributed by atoms with Crippen molar-refractivity contribution in [3.05, 3.63) is 96.1 Å². The lowest BCUT2D eigenvalue weighted by Gasteiger charge is -2.42. The summed E-state index contributed by atoms with van der Waals surface area (Å²) in [4.78, 5) is 3.81. The molecule has 1 fully saturated rings. The van der Waals surface area contributed by atoms with Crippen LogP contribution >= 0.6 is 0 Å². The molecule has 188 valence electrons. The molecule has 5 aromatic rings. The van der Waals surface area contributed by atoms with E-state index in [1.807, 2.05) is 33.4 Å². The molecule has 0 bridgehead atoms. The number of nitrogens with zero attached hydrogens (tertiary/aromatic N) is 7. The zero-order valence-corrected chi connectivity index (χ0v) is 21.3. The Morgan fingerprint density at radius 3 is 2.46 bits per heavy atom. The molecule has 6 rings (SSSR count). The molecule has 0 saturated carbocycles. The summed E-state index contributed by atoms with van der Waals surface area (Å²) in [6.45, 7) is 4.01. The lowest BCUT2D eigenvalue weighted by Crippen LogP contribution is -2.49. The number of hydrogen-bond acceptors (Lipinski definition) is 5. The maximum absolute atomic E-state index is 13.5. The number of hydrogen-bond donors (Lipinski definition) is 0. The number of aryl methyl sites for hydroxylation is 2. The van der Waals surface area contributed by atoms with E-state index in [1.165, 1.54) is 16.9 Å². The topological polar surface area (TPSA) is 72.1 Å². The van der Waals surface area contributed by atoms with Crippen LogP contribution in [0.25, 0.3) is 16.6 Å². The van der Waals surface area contributed by atoms with Crippen LogP contribution in [-0.4, -0.2) is 52.9 Å². The molecule has 1 aliphatic heterocycles. The van der Waals surface area contributed by atoms with E-state index in [9.17, 15) is 8.60 Å². The van der Waals surface area contributed by atoms with Gasteiger partial charge in [0.2, 0.25) is 0 Å². The molecule has 2 atom stereocenters. The van der Waals surface area contributed by atoms with Crippen LogP contribution in [0.1, 0.15) is 17.2 Å². The van der Waals surface area contributed by atoms with Crippen LogP contribution in [0.3, 0.4) is 0 Å². The van der Waals surface area contributed by atoms with Gasteiger partial charge in [-0.3, -0.25) is 0 Å². The predicted octanol–water partition coefficient (Wildman–Crippen LogP) is 4.19. The van der Waals surface area contributed by atoms with E-state index in [0.717, 1.165) is 33.4 Å². The molecule has 2 unspecified atom stereocenters. The lowest BCUT2D eigenvalue weighted by molar-refractivity contribution is 0.351. The average molecular weight is 516 g/mol. The first-order valence-electron chi connectivity index (χ1n) is 12.1. The van der Waals surface area contributed by atoms with Gasteiger partial charge in [0.25, 0.3) is 0 Å². The normalized spacial score (nSPS) is 17.4. The molecule has 3 heterocycles. The van der Waals surface area contributed by atoms with Crippen LogP contribution in [0.4, 0.5) is 10.1 Å². The molecule has 1 saturated heterocycles. The monoisotopic (exact) mass is 515 g/mol. The highest BCUT2D eigenvalue weighted by Crippen LogP contribution is 2.35. The summed E-state index contributed by atoms with van der Waals surface area (Å²) in [5, 5.41) is 14.4. The fraction of sp³-hybridized carbons (Fsp3) is 0.222. The van der Waals surface area contributed by atoms with Crippen molar-refractivity contribution in [1.82, 2.24) is 29.1 Å². The zero-order chi connectivity index (χ0) is 25.5. The molecular weight excluding hydrogens is 489 g/mol.